The van der Waals surface area contributed by atoms with Crippen LogP contribution in [-0.4, -0.2) is 46.8 Å². The Bertz CT molecular complexity index is 780. The Kier molecular flexibility index (Phi) is 10.2. The van der Waals surface area contributed by atoms with Gasteiger partial charge < -0.3 is 15.1 Å². The molecule has 2 aromatic heterocycles. The number of aromatic nitrogens is 2. The number of aliphatic imine (C=N–C) groups is 1. The molecule has 0 aliphatic carbocycles. The van der Waals surface area contributed by atoms with E-state index in [2.05, 4.69) is 47.5 Å². The summed E-state index contributed by atoms with van der Waals surface area (Å²) in [7, 11) is 2.03. The number of furan rings is 1. The van der Waals surface area contributed by atoms with E-state index < -0.39 is 0 Å². The molecule has 1 atom stereocenters. The summed E-state index contributed by atoms with van der Waals surface area (Å²) in [5.41, 5.74) is 3.68. The van der Waals surface area contributed by atoms with Crippen molar-refractivity contribution in [1.29, 1.82) is 0 Å². The number of guanidine groups is 1. The summed E-state index contributed by atoms with van der Waals surface area (Å²) < 4.78 is 7.74. The van der Waals surface area contributed by atoms with E-state index in [0.29, 0.717) is 6.54 Å². The quantitative estimate of drug-likeness (QED) is 0.296. The number of aryl methyl sites for hydroxylation is 2. The molecule has 2 aromatic rings. The van der Waals surface area contributed by atoms with Crippen molar-refractivity contribution >= 4 is 29.9 Å². The van der Waals surface area contributed by atoms with Crippen LogP contribution in [0.25, 0.3) is 0 Å². The second-order valence-corrected chi connectivity index (χ2v) is 7.55. The first-order chi connectivity index (χ1) is 14.2. The molecule has 0 spiro atoms. The van der Waals surface area contributed by atoms with Gasteiger partial charge >= 0.3 is 0 Å². The summed E-state index contributed by atoms with van der Waals surface area (Å²) in [4.78, 5) is 7.39. The SMILES string of the molecule is CCNC(=NCc1c(CC)nn(C)c1CC)NCC(c1ccco1)N1CCCC1.I. The Morgan fingerprint density at radius 1 is 1.20 bits per heavy atom. The largest absolute Gasteiger partial charge is 0.468 e. The molecule has 0 amide bonds. The summed E-state index contributed by atoms with van der Waals surface area (Å²) in [5, 5.41) is 11.6. The molecule has 8 heteroatoms. The van der Waals surface area contributed by atoms with Crippen molar-refractivity contribution in [3.63, 3.8) is 0 Å². The van der Waals surface area contributed by atoms with Gasteiger partial charge in [-0.2, -0.15) is 5.10 Å². The minimum Gasteiger partial charge on any atom is -0.468 e. The van der Waals surface area contributed by atoms with Crippen LogP contribution in [0.4, 0.5) is 0 Å². The van der Waals surface area contributed by atoms with Crippen molar-refractivity contribution in [2.75, 3.05) is 26.2 Å². The lowest BCUT2D eigenvalue weighted by Crippen LogP contribution is -2.42. The van der Waals surface area contributed by atoms with E-state index >= 15 is 0 Å². The van der Waals surface area contributed by atoms with E-state index in [4.69, 9.17) is 9.41 Å². The van der Waals surface area contributed by atoms with Gasteiger partial charge in [-0.05, 0) is 57.8 Å². The van der Waals surface area contributed by atoms with E-state index in [1.165, 1.54) is 24.1 Å². The van der Waals surface area contributed by atoms with Crippen molar-refractivity contribution in [3.8, 4) is 0 Å². The molecule has 0 bridgehead atoms. The smallest absolute Gasteiger partial charge is 0.191 e. The van der Waals surface area contributed by atoms with E-state index in [-0.39, 0.29) is 30.0 Å². The first-order valence-electron chi connectivity index (χ1n) is 11.0. The Morgan fingerprint density at radius 3 is 2.57 bits per heavy atom. The minimum atomic E-state index is 0. The molecule has 1 aliphatic rings. The molecule has 3 heterocycles. The fraction of sp³-hybridized carbons (Fsp3) is 0.636. The molecule has 1 saturated heterocycles. The number of rotatable bonds is 9. The molecule has 1 unspecified atom stereocenters. The van der Waals surface area contributed by atoms with Crippen LogP contribution >= 0.6 is 24.0 Å². The lowest BCUT2D eigenvalue weighted by atomic mass is 10.1. The fourth-order valence-corrected chi connectivity index (χ4v) is 4.21. The Morgan fingerprint density at radius 2 is 1.97 bits per heavy atom. The maximum absolute atomic E-state index is 5.74. The normalized spacial score (nSPS) is 15.8. The molecule has 3 rings (SSSR count). The van der Waals surface area contributed by atoms with Crippen molar-refractivity contribution < 1.29 is 4.42 Å². The van der Waals surface area contributed by atoms with Crippen molar-refractivity contribution in [2.45, 2.75) is 59.0 Å². The molecule has 0 saturated carbocycles. The Labute approximate surface area is 197 Å². The Hall–Kier alpha value is -1.55. The zero-order valence-corrected chi connectivity index (χ0v) is 21.1. The molecule has 2 N–H and O–H groups in total. The fourth-order valence-electron chi connectivity index (χ4n) is 4.21. The number of halogens is 1. The van der Waals surface area contributed by atoms with Gasteiger partial charge in [-0.15, -0.1) is 24.0 Å². The standard InChI is InChI=1S/C22H36N6O.HI/c1-5-18-17(19(6-2)27(4)26-18)15-24-22(23-7-3)25-16-20(21-11-10-14-29-21)28-12-8-9-13-28;/h10-11,14,20H,5-9,12-13,15-16H2,1-4H3,(H2,23,24,25);1H. The predicted octanol–water partition coefficient (Wildman–Crippen LogP) is 3.65. The van der Waals surface area contributed by atoms with Gasteiger partial charge in [0.05, 0.1) is 24.5 Å². The Balaban J connectivity index is 0.00000320. The zero-order chi connectivity index (χ0) is 20.6. The van der Waals surface area contributed by atoms with Crippen LogP contribution in [0.15, 0.2) is 27.8 Å². The summed E-state index contributed by atoms with van der Waals surface area (Å²) in [6.45, 7) is 10.9. The molecular formula is C22H37IN6O. The molecule has 0 radical (unpaired) electrons. The number of nitrogens with zero attached hydrogens (tertiary/aromatic N) is 4. The van der Waals surface area contributed by atoms with Crippen LogP contribution in [0.3, 0.4) is 0 Å². The third-order valence-electron chi connectivity index (χ3n) is 5.68. The van der Waals surface area contributed by atoms with Crippen LogP contribution in [0.2, 0.25) is 0 Å². The van der Waals surface area contributed by atoms with Gasteiger partial charge in [-0.3, -0.25) is 9.58 Å². The van der Waals surface area contributed by atoms with Crippen LogP contribution in [0.1, 0.15) is 62.4 Å². The summed E-state index contributed by atoms with van der Waals surface area (Å²) in [6, 6.07) is 4.27. The highest BCUT2D eigenvalue weighted by molar-refractivity contribution is 14.0. The van der Waals surface area contributed by atoms with Crippen molar-refractivity contribution in [2.24, 2.45) is 12.0 Å². The number of likely N-dealkylation sites (tertiary alicyclic amines) is 1. The predicted molar refractivity (Wildman–Crippen MR) is 132 cm³/mol. The molecular weight excluding hydrogens is 491 g/mol. The highest BCUT2D eigenvalue weighted by atomic mass is 127. The summed E-state index contributed by atoms with van der Waals surface area (Å²) in [5.74, 6) is 1.86. The number of hydrogen-bond donors (Lipinski definition) is 2. The molecule has 1 aliphatic heterocycles. The lowest BCUT2D eigenvalue weighted by molar-refractivity contribution is 0.215. The van der Waals surface area contributed by atoms with Crippen LogP contribution < -0.4 is 10.6 Å². The zero-order valence-electron chi connectivity index (χ0n) is 18.8. The second kappa shape index (κ2) is 12.3. The molecule has 7 nitrogen and oxygen atoms in total. The van der Waals surface area contributed by atoms with E-state index in [9.17, 15) is 0 Å². The molecule has 1 fully saturated rings. The molecule has 30 heavy (non-hydrogen) atoms. The van der Waals surface area contributed by atoms with E-state index in [1.807, 2.05) is 17.8 Å². The summed E-state index contributed by atoms with van der Waals surface area (Å²) >= 11 is 0. The van der Waals surface area contributed by atoms with E-state index in [0.717, 1.165) is 56.4 Å². The monoisotopic (exact) mass is 528 g/mol. The van der Waals surface area contributed by atoms with Gasteiger partial charge in [-0.25, -0.2) is 4.99 Å². The topological polar surface area (TPSA) is 70.6 Å². The highest BCUT2D eigenvalue weighted by Crippen LogP contribution is 2.25. The van der Waals surface area contributed by atoms with Gasteiger partial charge in [0.1, 0.15) is 5.76 Å². The second-order valence-electron chi connectivity index (χ2n) is 7.55. The molecule has 0 aromatic carbocycles. The van der Waals surface area contributed by atoms with Gasteiger partial charge in [0.25, 0.3) is 0 Å². The van der Waals surface area contributed by atoms with Gasteiger partial charge in [0.15, 0.2) is 5.96 Å². The lowest BCUT2D eigenvalue weighted by Gasteiger charge is -2.26. The van der Waals surface area contributed by atoms with Gasteiger partial charge in [-0.1, -0.05) is 13.8 Å². The van der Waals surface area contributed by atoms with Crippen LogP contribution in [0, 0.1) is 0 Å². The highest BCUT2D eigenvalue weighted by Gasteiger charge is 2.25. The average Bonchev–Trinajstić information content (AvgIpc) is 3.48. The van der Waals surface area contributed by atoms with E-state index in [1.54, 1.807) is 6.26 Å². The maximum Gasteiger partial charge on any atom is 0.191 e. The number of nitrogens with one attached hydrogen (secondary N) is 2. The maximum atomic E-state index is 5.74. The van der Waals surface area contributed by atoms with Crippen molar-refractivity contribution in [1.82, 2.24) is 25.3 Å². The minimum absolute atomic E-state index is 0. The first-order valence-corrected chi connectivity index (χ1v) is 11.0. The van der Waals surface area contributed by atoms with Crippen molar-refractivity contribution in [3.05, 3.63) is 41.1 Å². The van der Waals surface area contributed by atoms with Crippen LogP contribution in [-0.2, 0) is 26.4 Å². The first kappa shape index (κ1) is 24.7. The summed E-state index contributed by atoms with van der Waals surface area (Å²) in [6.07, 6.45) is 6.17. The molecule has 168 valence electrons. The number of hydrogen-bond acceptors (Lipinski definition) is 4. The van der Waals surface area contributed by atoms with Crippen LogP contribution in [0.5, 0.6) is 0 Å². The average molecular weight is 528 g/mol. The van der Waals surface area contributed by atoms with Gasteiger partial charge in [0, 0.05) is 31.4 Å². The third kappa shape index (κ3) is 6.00. The third-order valence-corrected chi connectivity index (χ3v) is 5.68. The van der Waals surface area contributed by atoms with Gasteiger partial charge in [0.2, 0.25) is 0 Å².